The Bertz CT molecular complexity index is 419. The lowest BCUT2D eigenvalue weighted by molar-refractivity contribution is -0.169. The maximum atomic E-state index is 11.5. The molecular weight excluding hydrogens is 368 g/mol. The molecule has 0 aromatic heterocycles. The minimum atomic E-state index is -0.369. The van der Waals surface area contributed by atoms with Gasteiger partial charge in [0, 0.05) is 25.7 Å². The van der Waals surface area contributed by atoms with Gasteiger partial charge in [-0.1, -0.05) is 39.5 Å². The van der Waals surface area contributed by atoms with Gasteiger partial charge in [0.1, 0.15) is 0 Å². The largest absolute Gasteiger partial charge is 0.428 e. The average molecular weight is 402 g/mol. The molecule has 0 atom stereocenters. The fourth-order valence-corrected chi connectivity index (χ4v) is 2.26. The van der Waals surface area contributed by atoms with Crippen LogP contribution in [0.2, 0.25) is 0 Å². The number of hydrogen-bond donors (Lipinski definition) is 0. The van der Waals surface area contributed by atoms with Gasteiger partial charge in [0.2, 0.25) is 13.6 Å². The van der Waals surface area contributed by atoms with Gasteiger partial charge in [-0.15, -0.1) is 0 Å². The first-order valence-electron chi connectivity index (χ1n) is 10.1. The molecule has 0 unspecified atom stereocenters. The minimum Gasteiger partial charge on any atom is -0.428 e. The van der Waals surface area contributed by atoms with Crippen molar-refractivity contribution in [2.24, 2.45) is 0 Å². The maximum Gasteiger partial charge on any atom is 0.308 e. The summed E-state index contributed by atoms with van der Waals surface area (Å²) in [7, 11) is 0. The van der Waals surface area contributed by atoms with Crippen LogP contribution in [0.25, 0.3) is 0 Å². The lowest BCUT2D eigenvalue weighted by atomic mass is 10.1. The molecule has 0 rings (SSSR count). The Labute approximate surface area is 167 Å². The van der Waals surface area contributed by atoms with E-state index in [1.165, 1.54) is 0 Å². The molecule has 28 heavy (non-hydrogen) atoms. The quantitative estimate of drug-likeness (QED) is 0.205. The van der Waals surface area contributed by atoms with E-state index in [9.17, 15) is 19.2 Å². The molecule has 0 fully saturated rings. The maximum absolute atomic E-state index is 11.5. The summed E-state index contributed by atoms with van der Waals surface area (Å²) >= 11 is 0. The van der Waals surface area contributed by atoms with Crippen molar-refractivity contribution < 1.29 is 38.1 Å². The molecule has 0 spiro atoms. The molecule has 0 heterocycles. The van der Waals surface area contributed by atoms with Crippen LogP contribution in [0.4, 0.5) is 0 Å². The van der Waals surface area contributed by atoms with E-state index in [1.54, 1.807) is 0 Å². The van der Waals surface area contributed by atoms with E-state index in [2.05, 4.69) is 0 Å². The molecule has 0 N–H and O–H groups in total. The molecule has 0 bridgehead atoms. The number of unbranched alkanes of at least 4 members (excludes halogenated alkanes) is 5. The molecule has 162 valence electrons. The van der Waals surface area contributed by atoms with Crippen molar-refractivity contribution >= 4 is 23.9 Å². The van der Waals surface area contributed by atoms with E-state index >= 15 is 0 Å². The van der Waals surface area contributed by atoms with Crippen molar-refractivity contribution in [2.75, 3.05) is 13.6 Å². The zero-order valence-corrected chi connectivity index (χ0v) is 17.2. The minimum absolute atomic E-state index is 0.300. The highest BCUT2D eigenvalue weighted by atomic mass is 16.7. The Hall–Kier alpha value is -2.12. The molecule has 0 saturated heterocycles. The second-order valence-electron chi connectivity index (χ2n) is 6.42. The van der Waals surface area contributed by atoms with E-state index in [0.717, 1.165) is 25.7 Å². The zero-order chi connectivity index (χ0) is 21.0. The number of carbonyl (C=O) groups is 4. The van der Waals surface area contributed by atoms with Gasteiger partial charge in [-0.3, -0.25) is 19.2 Å². The van der Waals surface area contributed by atoms with Crippen LogP contribution < -0.4 is 0 Å². The van der Waals surface area contributed by atoms with Gasteiger partial charge < -0.3 is 18.9 Å². The molecule has 0 aromatic carbocycles. The van der Waals surface area contributed by atoms with Crippen LogP contribution in [0.1, 0.15) is 90.9 Å². The Morgan fingerprint density at radius 3 is 1.07 bits per heavy atom. The summed E-state index contributed by atoms with van der Waals surface area (Å²) in [5, 5.41) is 0. The van der Waals surface area contributed by atoms with Crippen molar-refractivity contribution in [1.82, 2.24) is 0 Å². The highest BCUT2D eigenvalue weighted by Gasteiger charge is 2.07. The Morgan fingerprint density at radius 1 is 0.464 bits per heavy atom. The Morgan fingerprint density at radius 2 is 0.750 bits per heavy atom. The van der Waals surface area contributed by atoms with Crippen LogP contribution in [0.5, 0.6) is 0 Å². The molecule has 0 aromatic rings. The first-order chi connectivity index (χ1) is 13.5. The predicted molar refractivity (Wildman–Crippen MR) is 101 cm³/mol. The van der Waals surface area contributed by atoms with E-state index in [4.69, 9.17) is 18.9 Å². The number of carbonyl (C=O) groups excluding carboxylic acids is 4. The lowest BCUT2D eigenvalue weighted by Crippen LogP contribution is -2.12. The summed E-state index contributed by atoms with van der Waals surface area (Å²) in [6.45, 7) is 3.11. The van der Waals surface area contributed by atoms with Gasteiger partial charge in [0.15, 0.2) is 0 Å². The number of hydrogen-bond acceptors (Lipinski definition) is 8. The summed E-state index contributed by atoms with van der Waals surface area (Å²) in [6, 6.07) is 0. The number of esters is 4. The molecule has 0 saturated carbocycles. The van der Waals surface area contributed by atoms with Crippen LogP contribution >= 0.6 is 0 Å². The van der Waals surface area contributed by atoms with Crippen molar-refractivity contribution in [3.8, 4) is 0 Å². The van der Waals surface area contributed by atoms with E-state index < -0.39 is 0 Å². The molecule has 0 aliphatic carbocycles. The molecular formula is C20H34O8. The molecule has 8 nitrogen and oxygen atoms in total. The Kier molecular flexibility index (Phi) is 16.9. The van der Waals surface area contributed by atoms with Crippen LogP contribution in [-0.2, 0) is 38.1 Å². The van der Waals surface area contributed by atoms with Crippen molar-refractivity contribution in [1.29, 1.82) is 0 Å². The highest BCUT2D eigenvalue weighted by Crippen LogP contribution is 2.09. The van der Waals surface area contributed by atoms with Crippen LogP contribution in [0.3, 0.4) is 0 Å². The SMILES string of the molecule is CCCC(=O)OCOC(=O)CCCCCCCCC(=O)OCOC(=O)CCC. The Balaban J connectivity index is 3.40. The fourth-order valence-electron chi connectivity index (χ4n) is 2.26. The third-order valence-corrected chi connectivity index (χ3v) is 3.80. The van der Waals surface area contributed by atoms with Crippen molar-refractivity contribution in [3.63, 3.8) is 0 Å². The number of rotatable bonds is 17. The van der Waals surface area contributed by atoms with E-state index in [0.29, 0.717) is 51.4 Å². The van der Waals surface area contributed by atoms with Crippen LogP contribution in [-0.4, -0.2) is 37.5 Å². The van der Waals surface area contributed by atoms with Crippen molar-refractivity contribution in [3.05, 3.63) is 0 Å². The molecule has 0 amide bonds. The first kappa shape index (κ1) is 25.9. The second-order valence-corrected chi connectivity index (χ2v) is 6.42. The standard InChI is InChI=1S/C20H34O8/c1-3-11-17(21)25-15-27-19(23)13-9-7-5-6-8-10-14-20(24)28-16-26-18(22)12-4-2/h3-16H2,1-2H3. The van der Waals surface area contributed by atoms with Gasteiger partial charge in [-0.2, -0.15) is 0 Å². The second kappa shape index (κ2) is 18.3. The monoisotopic (exact) mass is 402 g/mol. The zero-order valence-electron chi connectivity index (χ0n) is 17.2. The summed E-state index contributed by atoms with van der Waals surface area (Å²) in [4.78, 5) is 45.1. The molecule has 0 aliphatic rings. The van der Waals surface area contributed by atoms with Crippen LogP contribution in [0, 0.1) is 0 Å². The normalized spacial score (nSPS) is 10.2. The predicted octanol–water partition coefficient (Wildman–Crippen LogP) is 3.80. The lowest BCUT2D eigenvalue weighted by Gasteiger charge is -2.06. The van der Waals surface area contributed by atoms with Gasteiger partial charge >= 0.3 is 23.9 Å². The molecule has 0 aliphatic heterocycles. The summed E-state index contributed by atoms with van der Waals surface area (Å²) < 4.78 is 19.1. The van der Waals surface area contributed by atoms with E-state index in [1.807, 2.05) is 13.8 Å². The summed E-state index contributed by atoms with van der Waals surface area (Å²) in [5.74, 6) is -1.47. The summed E-state index contributed by atoms with van der Waals surface area (Å²) in [6.07, 6.45) is 7.77. The fraction of sp³-hybridized carbons (Fsp3) is 0.800. The van der Waals surface area contributed by atoms with Gasteiger partial charge in [0.05, 0.1) is 0 Å². The third kappa shape index (κ3) is 17.3. The number of ether oxygens (including phenoxy) is 4. The third-order valence-electron chi connectivity index (χ3n) is 3.80. The van der Waals surface area contributed by atoms with E-state index in [-0.39, 0.29) is 37.5 Å². The van der Waals surface area contributed by atoms with Gasteiger partial charge in [-0.05, 0) is 25.7 Å². The average Bonchev–Trinajstić information content (AvgIpc) is 2.64. The highest BCUT2D eigenvalue weighted by molar-refractivity contribution is 5.71. The smallest absolute Gasteiger partial charge is 0.308 e. The topological polar surface area (TPSA) is 105 Å². The molecule has 8 heteroatoms. The summed E-state index contributed by atoms with van der Waals surface area (Å²) in [5.41, 5.74) is 0. The first-order valence-corrected chi connectivity index (χ1v) is 10.1. The van der Waals surface area contributed by atoms with Crippen LogP contribution in [0.15, 0.2) is 0 Å². The van der Waals surface area contributed by atoms with Crippen molar-refractivity contribution in [2.45, 2.75) is 90.9 Å². The van der Waals surface area contributed by atoms with Gasteiger partial charge in [0.25, 0.3) is 0 Å². The molecule has 0 radical (unpaired) electrons. The van der Waals surface area contributed by atoms with Gasteiger partial charge in [-0.25, -0.2) is 0 Å².